The third-order valence-electron chi connectivity index (χ3n) is 5.00. The summed E-state index contributed by atoms with van der Waals surface area (Å²) in [7, 11) is 0. The molecule has 24 heavy (non-hydrogen) atoms. The number of nitrogens with one attached hydrogen (secondary N) is 2. The van der Waals surface area contributed by atoms with Gasteiger partial charge in [-0.1, -0.05) is 6.92 Å². The summed E-state index contributed by atoms with van der Waals surface area (Å²) in [5.41, 5.74) is 0.413. The molecule has 2 N–H and O–H groups in total. The fourth-order valence-corrected chi connectivity index (χ4v) is 3.65. The minimum atomic E-state index is -0.450. The molecule has 1 unspecified atom stereocenters. The zero-order valence-corrected chi connectivity index (χ0v) is 15.3. The molecule has 1 aromatic heterocycles. The average Bonchev–Trinajstić information content (AvgIpc) is 3.18. The quantitative estimate of drug-likeness (QED) is 0.778. The fourth-order valence-electron chi connectivity index (χ4n) is 3.65. The van der Waals surface area contributed by atoms with Gasteiger partial charge >= 0.3 is 5.97 Å². The third kappa shape index (κ3) is 4.46. The van der Waals surface area contributed by atoms with Crippen LogP contribution in [0.1, 0.15) is 55.5 Å². The van der Waals surface area contributed by atoms with E-state index in [1.807, 2.05) is 0 Å². The second-order valence-electron chi connectivity index (χ2n) is 7.05. The molecule has 3 heterocycles. The number of nitrogens with zero attached hydrogens (tertiary/aromatic N) is 3. The topological polar surface area (TPSA) is 83.1 Å². The summed E-state index contributed by atoms with van der Waals surface area (Å²) in [4.78, 5) is 18.5. The van der Waals surface area contributed by atoms with Gasteiger partial charge in [-0.05, 0) is 51.2 Å². The first-order chi connectivity index (χ1) is 11.1. The number of rotatable bonds is 5. The second-order valence-corrected chi connectivity index (χ2v) is 7.05. The molecule has 0 saturated carbocycles. The maximum absolute atomic E-state index is 11.6. The number of esters is 1. The predicted molar refractivity (Wildman–Crippen MR) is 93.6 cm³/mol. The lowest BCUT2D eigenvalue weighted by atomic mass is 9.87. The Hall–Kier alpha value is -1.18. The largest absolute Gasteiger partial charge is 0.460 e. The first kappa shape index (κ1) is 19.1. The number of halogens is 1. The van der Waals surface area contributed by atoms with Crippen LogP contribution >= 0.6 is 12.4 Å². The van der Waals surface area contributed by atoms with Crippen LogP contribution in [0, 0.1) is 5.41 Å². The lowest BCUT2D eigenvalue weighted by molar-refractivity contribution is 0.0512. The van der Waals surface area contributed by atoms with Crippen LogP contribution in [0.3, 0.4) is 0 Å². The van der Waals surface area contributed by atoms with Crippen molar-refractivity contribution in [3.05, 3.63) is 11.6 Å². The molecule has 0 spiro atoms. The Labute approximate surface area is 149 Å². The molecule has 0 aliphatic carbocycles. The van der Waals surface area contributed by atoms with E-state index in [9.17, 15) is 4.79 Å². The molecule has 0 amide bonds. The summed E-state index contributed by atoms with van der Waals surface area (Å²) < 4.78 is 4.93. The number of piperidine rings is 1. The van der Waals surface area contributed by atoms with Gasteiger partial charge in [0.1, 0.15) is 5.82 Å². The van der Waals surface area contributed by atoms with Crippen molar-refractivity contribution in [2.24, 2.45) is 5.41 Å². The predicted octanol–water partition coefficient (Wildman–Crippen LogP) is 1.58. The Morgan fingerprint density at radius 3 is 2.79 bits per heavy atom. The molecule has 0 aromatic carbocycles. The highest BCUT2D eigenvalue weighted by atomic mass is 35.5. The summed E-state index contributed by atoms with van der Waals surface area (Å²) >= 11 is 0. The SMILES string of the molecule is CCOC(=O)c1n[nH]c(C2CCN(CC3(C)CCNC3)CC2)n1.Cl. The number of likely N-dealkylation sites (tertiary alicyclic amines) is 1. The standard InChI is InChI=1S/C16H27N5O2.ClH/c1-3-23-15(22)14-18-13(19-20-14)12-4-8-21(9-5-12)11-16(2)6-7-17-10-16;/h12,17H,3-11H2,1-2H3,(H,18,19,20);1H. The molecule has 2 aliphatic heterocycles. The highest BCUT2D eigenvalue weighted by molar-refractivity contribution is 5.85. The smallest absolute Gasteiger partial charge is 0.378 e. The Kier molecular flexibility index (Phi) is 6.60. The molecule has 0 radical (unpaired) electrons. The van der Waals surface area contributed by atoms with Crippen molar-refractivity contribution in [2.45, 2.75) is 39.0 Å². The summed E-state index contributed by atoms with van der Waals surface area (Å²) in [5.74, 6) is 0.876. The Bertz CT molecular complexity index is 536. The number of carbonyl (C=O) groups excluding carboxylic acids is 1. The molecule has 2 fully saturated rings. The van der Waals surface area contributed by atoms with Gasteiger partial charge in [0, 0.05) is 19.0 Å². The minimum absolute atomic E-state index is 0. The molecule has 1 atom stereocenters. The minimum Gasteiger partial charge on any atom is -0.460 e. The maximum atomic E-state index is 11.6. The summed E-state index contributed by atoms with van der Waals surface area (Å²) in [6.07, 6.45) is 3.37. The molecule has 0 bridgehead atoms. The van der Waals surface area contributed by atoms with Crippen LogP contribution < -0.4 is 5.32 Å². The van der Waals surface area contributed by atoms with E-state index in [2.05, 4.69) is 32.3 Å². The van der Waals surface area contributed by atoms with Crippen LogP contribution in [0.4, 0.5) is 0 Å². The number of hydrogen-bond donors (Lipinski definition) is 2. The lowest BCUT2D eigenvalue weighted by Gasteiger charge is -2.36. The van der Waals surface area contributed by atoms with Crippen molar-refractivity contribution < 1.29 is 9.53 Å². The summed E-state index contributed by atoms with van der Waals surface area (Å²) in [6, 6.07) is 0. The van der Waals surface area contributed by atoms with E-state index in [4.69, 9.17) is 4.74 Å². The molecular weight excluding hydrogens is 330 g/mol. The number of hydrogen-bond acceptors (Lipinski definition) is 6. The van der Waals surface area contributed by atoms with Crippen molar-refractivity contribution in [1.82, 2.24) is 25.4 Å². The van der Waals surface area contributed by atoms with E-state index in [0.29, 0.717) is 17.9 Å². The van der Waals surface area contributed by atoms with E-state index in [0.717, 1.165) is 51.4 Å². The Balaban J connectivity index is 0.00000208. The van der Waals surface area contributed by atoms with Crippen LogP contribution in [0.25, 0.3) is 0 Å². The van der Waals surface area contributed by atoms with E-state index in [1.54, 1.807) is 6.92 Å². The molecule has 7 nitrogen and oxygen atoms in total. The van der Waals surface area contributed by atoms with Gasteiger partial charge in [0.25, 0.3) is 5.82 Å². The monoisotopic (exact) mass is 357 g/mol. The fraction of sp³-hybridized carbons (Fsp3) is 0.812. The molecule has 2 aliphatic rings. The second kappa shape index (κ2) is 8.27. The molecule has 8 heteroatoms. The van der Waals surface area contributed by atoms with E-state index in [1.165, 1.54) is 6.42 Å². The number of carbonyl (C=O) groups is 1. The van der Waals surface area contributed by atoms with Gasteiger partial charge in [0.05, 0.1) is 6.61 Å². The lowest BCUT2D eigenvalue weighted by Crippen LogP contribution is -2.41. The number of aromatic nitrogens is 3. The normalized spacial score (nSPS) is 25.4. The highest BCUT2D eigenvalue weighted by Gasteiger charge is 2.33. The van der Waals surface area contributed by atoms with Crippen molar-refractivity contribution in [2.75, 3.05) is 39.3 Å². The number of aromatic amines is 1. The molecule has 136 valence electrons. The molecule has 3 rings (SSSR count). The van der Waals surface area contributed by atoms with Crippen LogP contribution in [0.15, 0.2) is 0 Å². The number of H-pyrrole nitrogens is 1. The van der Waals surface area contributed by atoms with Gasteiger partial charge in [-0.3, -0.25) is 5.10 Å². The zero-order chi connectivity index (χ0) is 16.3. The Morgan fingerprint density at radius 2 is 2.17 bits per heavy atom. The van der Waals surface area contributed by atoms with Gasteiger partial charge in [-0.15, -0.1) is 17.5 Å². The Morgan fingerprint density at radius 1 is 1.42 bits per heavy atom. The van der Waals surface area contributed by atoms with Crippen LogP contribution in [0.5, 0.6) is 0 Å². The van der Waals surface area contributed by atoms with Crippen LogP contribution in [0.2, 0.25) is 0 Å². The first-order valence-corrected chi connectivity index (χ1v) is 8.62. The summed E-state index contributed by atoms with van der Waals surface area (Å²) in [6.45, 7) is 10.1. The molecular formula is C16H28ClN5O2. The summed E-state index contributed by atoms with van der Waals surface area (Å²) in [5, 5.41) is 10.4. The van der Waals surface area contributed by atoms with E-state index < -0.39 is 5.97 Å². The van der Waals surface area contributed by atoms with Crippen molar-refractivity contribution in [3.63, 3.8) is 0 Å². The van der Waals surface area contributed by atoms with Crippen molar-refractivity contribution >= 4 is 18.4 Å². The van der Waals surface area contributed by atoms with Gasteiger partial charge in [-0.25, -0.2) is 9.78 Å². The van der Waals surface area contributed by atoms with Gasteiger partial charge < -0.3 is 15.0 Å². The molecule has 2 saturated heterocycles. The highest BCUT2D eigenvalue weighted by Crippen LogP contribution is 2.30. The molecule has 1 aromatic rings. The zero-order valence-electron chi connectivity index (χ0n) is 14.5. The van der Waals surface area contributed by atoms with E-state index in [-0.39, 0.29) is 18.2 Å². The third-order valence-corrected chi connectivity index (χ3v) is 5.00. The first-order valence-electron chi connectivity index (χ1n) is 8.62. The van der Waals surface area contributed by atoms with Crippen LogP contribution in [-0.2, 0) is 4.74 Å². The van der Waals surface area contributed by atoms with Crippen molar-refractivity contribution in [3.8, 4) is 0 Å². The van der Waals surface area contributed by atoms with E-state index >= 15 is 0 Å². The van der Waals surface area contributed by atoms with Gasteiger partial charge in [0.2, 0.25) is 0 Å². The average molecular weight is 358 g/mol. The number of ether oxygens (including phenoxy) is 1. The van der Waals surface area contributed by atoms with Crippen molar-refractivity contribution in [1.29, 1.82) is 0 Å². The van der Waals surface area contributed by atoms with Gasteiger partial charge in [0.15, 0.2) is 0 Å². The van der Waals surface area contributed by atoms with Crippen LogP contribution in [-0.4, -0.2) is 65.4 Å². The maximum Gasteiger partial charge on any atom is 0.378 e. The van der Waals surface area contributed by atoms with Gasteiger partial charge in [-0.2, -0.15) is 0 Å².